The van der Waals surface area contributed by atoms with Gasteiger partial charge in [0.1, 0.15) is 13.2 Å². The monoisotopic (exact) mass is 444 g/mol. The van der Waals surface area contributed by atoms with Crippen molar-refractivity contribution in [3.8, 4) is 11.5 Å². The first-order valence-corrected chi connectivity index (χ1v) is 12.0. The molecule has 0 radical (unpaired) electrons. The molecule has 0 saturated carbocycles. The van der Waals surface area contributed by atoms with Gasteiger partial charge >= 0.3 is 6.03 Å². The SMILES string of the molecule is CCN(CC)C(=O)N1CCC(C(=O)N2CCN(Cc3ccc4c(c3)OCCO4)CC2)CC1. The Kier molecular flexibility index (Phi) is 7.40. The third-order valence-corrected chi connectivity index (χ3v) is 6.85. The lowest BCUT2D eigenvalue weighted by Crippen LogP contribution is -2.52. The van der Waals surface area contributed by atoms with Crippen molar-refractivity contribution in [2.24, 2.45) is 5.92 Å². The number of urea groups is 1. The molecule has 0 aromatic heterocycles. The van der Waals surface area contributed by atoms with Gasteiger partial charge in [-0.25, -0.2) is 4.79 Å². The molecule has 3 aliphatic heterocycles. The summed E-state index contributed by atoms with van der Waals surface area (Å²) in [6, 6.07) is 6.26. The number of likely N-dealkylation sites (tertiary alicyclic amines) is 1. The van der Waals surface area contributed by atoms with Gasteiger partial charge in [-0.2, -0.15) is 0 Å². The van der Waals surface area contributed by atoms with Gasteiger partial charge in [-0.1, -0.05) is 6.07 Å². The molecule has 3 amide bonds. The molecule has 3 aliphatic rings. The predicted molar refractivity (Wildman–Crippen MR) is 122 cm³/mol. The van der Waals surface area contributed by atoms with Gasteiger partial charge in [-0.3, -0.25) is 9.69 Å². The molecule has 0 aliphatic carbocycles. The molecule has 1 aromatic rings. The van der Waals surface area contributed by atoms with Crippen LogP contribution in [0.1, 0.15) is 32.3 Å². The Labute approximate surface area is 191 Å². The quantitative estimate of drug-likeness (QED) is 0.697. The molecule has 3 heterocycles. The number of piperazine rings is 1. The molecule has 0 bridgehead atoms. The van der Waals surface area contributed by atoms with E-state index in [2.05, 4.69) is 17.0 Å². The fourth-order valence-electron chi connectivity index (χ4n) is 4.84. The van der Waals surface area contributed by atoms with Crippen molar-refractivity contribution in [2.45, 2.75) is 33.2 Å². The number of amides is 3. The summed E-state index contributed by atoms with van der Waals surface area (Å²) in [6.45, 7) is 12.2. The van der Waals surface area contributed by atoms with Gasteiger partial charge in [0.2, 0.25) is 5.91 Å². The van der Waals surface area contributed by atoms with Crippen LogP contribution in [0.5, 0.6) is 11.5 Å². The summed E-state index contributed by atoms with van der Waals surface area (Å²) in [7, 11) is 0. The lowest BCUT2D eigenvalue weighted by molar-refractivity contribution is -0.138. The number of hydrogen-bond donors (Lipinski definition) is 0. The van der Waals surface area contributed by atoms with Gasteiger partial charge in [0, 0.05) is 64.8 Å². The molecule has 0 N–H and O–H groups in total. The van der Waals surface area contributed by atoms with Crippen molar-refractivity contribution < 1.29 is 19.1 Å². The number of ether oxygens (including phenoxy) is 2. The van der Waals surface area contributed by atoms with Crippen molar-refractivity contribution in [2.75, 3.05) is 65.6 Å². The second-order valence-electron chi connectivity index (χ2n) is 8.80. The molecule has 1 aromatic carbocycles. The molecule has 0 spiro atoms. The maximum absolute atomic E-state index is 13.1. The van der Waals surface area contributed by atoms with Crippen LogP contribution in [-0.2, 0) is 11.3 Å². The molecule has 8 nitrogen and oxygen atoms in total. The summed E-state index contributed by atoms with van der Waals surface area (Å²) in [4.78, 5) is 33.8. The zero-order valence-electron chi connectivity index (χ0n) is 19.4. The number of fused-ring (bicyclic) bond motifs is 1. The van der Waals surface area contributed by atoms with Gasteiger partial charge in [0.25, 0.3) is 0 Å². The fraction of sp³-hybridized carbons (Fsp3) is 0.667. The Morgan fingerprint density at radius 2 is 1.56 bits per heavy atom. The molecule has 2 saturated heterocycles. The van der Waals surface area contributed by atoms with Crippen LogP contribution in [-0.4, -0.2) is 97.1 Å². The maximum Gasteiger partial charge on any atom is 0.319 e. The van der Waals surface area contributed by atoms with E-state index >= 15 is 0 Å². The lowest BCUT2D eigenvalue weighted by Gasteiger charge is -2.39. The largest absolute Gasteiger partial charge is 0.486 e. The highest BCUT2D eigenvalue weighted by molar-refractivity contribution is 5.80. The predicted octanol–water partition coefficient (Wildman–Crippen LogP) is 2.28. The smallest absolute Gasteiger partial charge is 0.319 e. The number of rotatable bonds is 5. The number of carbonyl (C=O) groups excluding carboxylic acids is 2. The number of hydrogen-bond acceptors (Lipinski definition) is 5. The van der Waals surface area contributed by atoms with E-state index in [0.717, 1.165) is 70.2 Å². The Balaban J connectivity index is 1.22. The van der Waals surface area contributed by atoms with Crippen molar-refractivity contribution in [3.05, 3.63) is 23.8 Å². The van der Waals surface area contributed by atoms with E-state index in [1.165, 1.54) is 5.56 Å². The van der Waals surface area contributed by atoms with Crippen LogP contribution < -0.4 is 9.47 Å². The van der Waals surface area contributed by atoms with Gasteiger partial charge in [-0.15, -0.1) is 0 Å². The van der Waals surface area contributed by atoms with E-state index in [0.29, 0.717) is 26.3 Å². The normalized spacial score (nSPS) is 19.7. The molecule has 4 rings (SSSR count). The highest BCUT2D eigenvalue weighted by Gasteiger charge is 2.32. The third kappa shape index (κ3) is 5.11. The summed E-state index contributed by atoms with van der Waals surface area (Å²) in [5.74, 6) is 1.95. The van der Waals surface area contributed by atoms with E-state index in [1.807, 2.05) is 34.6 Å². The highest BCUT2D eigenvalue weighted by atomic mass is 16.6. The van der Waals surface area contributed by atoms with Crippen molar-refractivity contribution in [1.82, 2.24) is 19.6 Å². The van der Waals surface area contributed by atoms with E-state index in [4.69, 9.17) is 9.47 Å². The minimum Gasteiger partial charge on any atom is -0.486 e. The van der Waals surface area contributed by atoms with E-state index in [1.54, 1.807) is 0 Å². The van der Waals surface area contributed by atoms with E-state index < -0.39 is 0 Å². The number of piperidine rings is 1. The van der Waals surface area contributed by atoms with Crippen molar-refractivity contribution in [1.29, 1.82) is 0 Å². The average molecular weight is 445 g/mol. The zero-order valence-corrected chi connectivity index (χ0v) is 19.4. The minimum absolute atomic E-state index is 0.0418. The van der Waals surface area contributed by atoms with Gasteiger partial charge in [0.05, 0.1) is 0 Å². The topological polar surface area (TPSA) is 65.6 Å². The molecule has 8 heteroatoms. The van der Waals surface area contributed by atoms with Crippen LogP contribution in [0.15, 0.2) is 18.2 Å². The van der Waals surface area contributed by atoms with Crippen LogP contribution in [0.25, 0.3) is 0 Å². The molecule has 0 unspecified atom stereocenters. The second-order valence-corrected chi connectivity index (χ2v) is 8.80. The lowest BCUT2D eigenvalue weighted by atomic mass is 9.95. The zero-order chi connectivity index (χ0) is 22.5. The Morgan fingerprint density at radius 1 is 0.906 bits per heavy atom. The van der Waals surface area contributed by atoms with Crippen LogP contribution in [0.3, 0.4) is 0 Å². The fourth-order valence-corrected chi connectivity index (χ4v) is 4.84. The first kappa shape index (κ1) is 22.7. The van der Waals surface area contributed by atoms with Gasteiger partial charge < -0.3 is 24.2 Å². The van der Waals surface area contributed by atoms with E-state index in [9.17, 15) is 9.59 Å². The Bertz CT molecular complexity index is 797. The summed E-state index contributed by atoms with van der Waals surface area (Å²) in [5, 5.41) is 0. The number of carbonyl (C=O) groups is 2. The number of benzene rings is 1. The first-order valence-electron chi connectivity index (χ1n) is 12.0. The van der Waals surface area contributed by atoms with Crippen LogP contribution in [0, 0.1) is 5.92 Å². The molecule has 0 atom stereocenters. The molecule has 2 fully saturated rings. The Hall–Kier alpha value is -2.48. The van der Waals surface area contributed by atoms with Gasteiger partial charge in [-0.05, 0) is 44.4 Å². The molecular weight excluding hydrogens is 408 g/mol. The summed E-state index contributed by atoms with van der Waals surface area (Å²) < 4.78 is 11.3. The molecule has 32 heavy (non-hydrogen) atoms. The van der Waals surface area contributed by atoms with Crippen LogP contribution in [0.2, 0.25) is 0 Å². The van der Waals surface area contributed by atoms with E-state index in [-0.39, 0.29) is 17.9 Å². The number of nitrogens with zero attached hydrogens (tertiary/aromatic N) is 4. The third-order valence-electron chi connectivity index (χ3n) is 6.85. The summed E-state index contributed by atoms with van der Waals surface area (Å²) in [6.07, 6.45) is 1.53. The summed E-state index contributed by atoms with van der Waals surface area (Å²) >= 11 is 0. The van der Waals surface area contributed by atoms with Crippen molar-refractivity contribution >= 4 is 11.9 Å². The minimum atomic E-state index is 0.0418. The van der Waals surface area contributed by atoms with Crippen LogP contribution >= 0.6 is 0 Å². The summed E-state index contributed by atoms with van der Waals surface area (Å²) in [5.41, 5.74) is 1.21. The Morgan fingerprint density at radius 3 is 2.22 bits per heavy atom. The van der Waals surface area contributed by atoms with Crippen molar-refractivity contribution in [3.63, 3.8) is 0 Å². The first-order chi connectivity index (χ1) is 15.6. The standard InChI is InChI=1S/C24H36N4O4/c1-3-26(4-2)24(30)28-9-7-20(8-10-28)23(29)27-13-11-25(12-14-27)18-19-5-6-21-22(17-19)32-16-15-31-21/h5-6,17,20H,3-4,7-16,18H2,1-2H3. The maximum atomic E-state index is 13.1. The van der Waals surface area contributed by atoms with Gasteiger partial charge in [0.15, 0.2) is 11.5 Å². The van der Waals surface area contributed by atoms with Crippen LogP contribution in [0.4, 0.5) is 4.79 Å². The highest BCUT2D eigenvalue weighted by Crippen LogP contribution is 2.31. The average Bonchev–Trinajstić information content (AvgIpc) is 2.85. The molecular formula is C24H36N4O4. The molecule has 176 valence electrons. The second kappa shape index (κ2) is 10.4.